The molecule has 7 rings (SSSR count). The molecule has 0 fully saturated rings. The number of furan rings is 1. The average Bonchev–Trinajstić information content (AvgIpc) is 3.48. The summed E-state index contributed by atoms with van der Waals surface area (Å²) in [6.45, 7) is 0. The summed E-state index contributed by atoms with van der Waals surface area (Å²) in [5, 5.41) is 24.7. The van der Waals surface area contributed by atoms with Gasteiger partial charge in [-0.25, -0.2) is 0 Å². The molecule has 186 valence electrons. The third kappa shape index (κ3) is 4.58. The molecule has 0 aliphatic rings. The lowest BCUT2D eigenvalue weighted by Crippen LogP contribution is -2.30. The fraction of sp³-hybridized carbons (Fsp3) is 0. The van der Waals surface area contributed by atoms with Gasteiger partial charge in [0.25, 0.3) is 0 Å². The number of hydrogen-bond acceptors (Lipinski definition) is 3. The van der Waals surface area contributed by atoms with E-state index in [9.17, 15) is 10.0 Å². The topological polar surface area (TPSA) is 58.5 Å². The quantitative estimate of drug-likeness (QED) is 0.366. The first-order valence-corrected chi connectivity index (χ1v) is 11.9. The summed E-state index contributed by atoms with van der Waals surface area (Å²) in [5.74, 6) is 0. The van der Waals surface area contributed by atoms with Crippen LogP contribution in [0, 0.1) is 0 Å². The van der Waals surface area contributed by atoms with Gasteiger partial charge in [0.1, 0.15) is 11.2 Å². The van der Waals surface area contributed by atoms with Crippen LogP contribution in [0.2, 0.25) is 0 Å². The average molecular weight is 503 g/mol. The van der Waals surface area contributed by atoms with Gasteiger partial charge in [0.2, 0.25) is 0 Å². The molecule has 2 N–H and O–H groups in total. The molecule has 0 amide bonds. The molecular weight excluding hydrogens is 476 g/mol. The van der Waals surface area contributed by atoms with Crippen LogP contribution in [-0.2, 0) is 0 Å². The SMILES string of the molecule is OB(O)c1cc(-n2c3ccccc3c3ccccc32)cc2c1oc1cc(-c3ccccc3)ccc12.[B]B([BH3-])[BH3-]. The van der Waals surface area contributed by atoms with Crippen molar-refractivity contribution in [3.8, 4) is 16.8 Å². The maximum atomic E-state index is 10.3. The summed E-state index contributed by atoms with van der Waals surface area (Å²) in [5.41, 5.74) is 6.67. The van der Waals surface area contributed by atoms with E-state index in [-0.39, 0.29) is 0 Å². The molecule has 0 bridgehead atoms. The van der Waals surface area contributed by atoms with E-state index in [2.05, 4.69) is 53.1 Å². The molecule has 0 aliphatic heterocycles. The third-order valence-electron chi connectivity index (χ3n) is 6.81. The standard InChI is InChI=1S/C30H20BNO3.B4H6/c33-31(34)26-18-21(32-27-12-6-4-10-22(27)23-11-5-7-13-28(23)32)17-25-24-15-14-20(16-29(24)35-30(25)26)19-8-2-1-3-9-19;1-4(2)3/h1-18,33-34H;1-2H3/q;-2. The monoisotopic (exact) mass is 503 g/mol. The van der Waals surface area contributed by atoms with Crippen molar-refractivity contribution in [3.63, 3.8) is 0 Å². The van der Waals surface area contributed by atoms with Crippen molar-refractivity contribution < 1.29 is 14.5 Å². The van der Waals surface area contributed by atoms with Gasteiger partial charge in [-0.2, -0.15) is 0 Å². The number of rotatable bonds is 3. The van der Waals surface area contributed by atoms with Crippen LogP contribution in [0.4, 0.5) is 0 Å². The predicted octanol–water partition coefficient (Wildman–Crippen LogP) is 2.90. The van der Waals surface area contributed by atoms with Crippen LogP contribution in [0.25, 0.3) is 60.6 Å². The van der Waals surface area contributed by atoms with Crippen molar-refractivity contribution in [1.82, 2.24) is 4.57 Å². The van der Waals surface area contributed by atoms with E-state index >= 15 is 0 Å². The molecule has 2 heterocycles. The van der Waals surface area contributed by atoms with Crippen molar-refractivity contribution >= 4 is 85.9 Å². The fourth-order valence-electron chi connectivity index (χ4n) is 5.22. The Balaban J connectivity index is 0.000000650. The van der Waals surface area contributed by atoms with Crippen LogP contribution >= 0.6 is 0 Å². The Labute approximate surface area is 230 Å². The third-order valence-corrected chi connectivity index (χ3v) is 6.81. The highest BCUT2D eigenvalue weighted by Gasteiger charge is 2.23. The lowest BCUT2D eigenvalue weighted by atomic mass is 9.08. The maximum absolute atomic E-state index is 10.3. The van der Waals surface area contributed by atoms with E-state index in [4.69, 9.17) is 12.2 Å². The Hall–Kier alpha value is -4.06. The summed E-state index contributed by atoms with van der Waals surface area (Å²) in [6.07, 6.45) is 0.833. The predicted molar refractivity (Wildman–Crippen MR) is 175 cm³/mol. The number of nitrogens with zero attached hydrogens (tertiary/aromatic N) is 1. The lowest BCUT2D eigenvalue weighted by Gasteiger charge is -2.11. The van der Waals surface area contributed by atoms with Crippen LogP contribution in [0.5, 0.6) is 0 Å². The van der Waals surface area contributed by atoms with E-state index < -0.39 is 7.12 Å². The Morgan fingerprint density at radius 1 is 0.641 bits per heavy atom. The van der Waals surface area contributed by atoms with Crippen molar-refractivity contribution in [3.05, 3.63) is 109 Å². The highest BCUT2D eigenvalue weighted by Crippen LogP contribution is 2.36. The minimum Gasteiger partial charge on any atom is -0.456 e. The minimum atomic E-state index is -1.67. The van der Waals surface area contributed by atoms with Crippen LogP contribution in [-0.4, -0.2) is 51.3 Å². The smallest absolute Gasteiger partial charge is 0.456 e. The normalized spacial score (nSPS) is 11.2. The van der Waals surface area contributed by atoms with Gasteiger partial charge in [-0.3, -0.25) is 6.39 Å². The van der Waals surface area contributed by atoms with Crippen LogP contribution in [0.3, 0.4) is 0 Å². The summed E-state index contributed by atoms with van der Waals surface area (Å²) in [7, 11) is 4.83. The molecule has 0 saturated carbocycles. The Bertz CT molecular complexity index is 1890. The second-order valence-electron chi connectivity index (χ2n) is 8.83. The van der Waals surface area contributed by atoms with Crippen LogP contribution in [0.1, 0.15) is 0 Å². The molecule has 39 heavy (non-hydrogen) atoms. The second kappa shape index (κ2) is 10.3. The molecule has 0 unspecified atom stereocenters. The van der Waals surface area contributed by atoms with Gasteiger partial charge in [0.05, 0.1) is 11.0 Å². The van der Waals surface area contributed by atoms with E-state index in [1.54, 1.807) is 0 Å². The number of benzene rings is 5. The number of para-hydroxylation sites is 2. The van der Waals surface area contributed by atoms with E-state index in [0.717, 1.165) is 55.8 Å². The molecule has 7 aromatic rings. The molecule has 9 heteroatoms. The molecule has 5 aromatic carbocycles. The van der Waals surface area contributed by atoms with E-state index in [1.807, 2.05) is 60.7 Å². The highest BCUT2D eigenvalue weighted by atomic mass is 16.4. The van der Waals surface area contributed by atoms with Crippen molar-refractivity contribution in [2.75, 3.05) is 0 Å². The van der Waals surface area contributed by atoms with Crippen LogP contribution < -0.4 is 5.46 Å². The molecule has 0 spiro atoms. The highest BCUT2D eigenvalue weighted by molar-refractivity contribution is 7.49. The number of aromatic nitrogens is 1. The van der Waals surface area contributed by atoms with Crippen LogP contribution in [0.15, 0.2) is 114 Å². The van der Waals surface area contributed by atoms with Gasteiger partial charge in [0.15, 0.2) is 0 Å². The molecule has 2 aromatic heterocycles. The zero-order valence-electron chi connectivity index (χ0n) is 19.9. The first kappa shape index (κ1) is 25.2. The Morgan fingerprint density at radius 2 is 1.23 bits per heavy atom. The van der Waals surface area contributed by atoms with Crippen molar-refractivity contribution in [2.45, 2.75) is 0 Å². The van der Waals surface area contributed by atoms with Gasteiger partial charge in [0, 0.05) is 32.7 Å². The second-order valence-corrected chi connectivity index (χ2v) is 8.83. The Kier molecular flexibility index (Phi) is 6.63. The van der Waals surface area contributed by atoms with Gasteiger partial charge in [-0.1, -0.05) is 80.5 Å². The van der Waals surface area contributed by atoms with Gasteiger partial charge < -0.3 is 19.0 Å². The van der Waals surface area contributed by atoms with Crippen molar-refractivity contribution in [1.29, 1.82) is 0 Å². The van der Waals surface area contributed by atoms with Gasteiger partial charge >= 0.3 is 7.12 Å². The largest absolute Gasteiger partial charge is 0.492 e. The summed E-state index contributed by atoms with van der Waals surface area (Å²) >= 11 is 0. The lowest BCUT2D eigenvalue weighted by molar-refractivity contribution is 0.425. The first-order chi connectivity index (χ1) is 18.9. The van der Waals surface area contributed by atoms with E-state index in [1.165, 1.54) is 0 Å². The molecule has 4 nitrogen and oxygen atoms in total. The van der Waals surface area contributed by atoms with Crippen molar-refractivity contribution in [2.24, 2.45) is 0 Å². The zero-order chi connectivity index (χ0) is 27.1. The fourth-order valence-corrected chi connectivity index (χ4v) is 5.22. The van der Waals surface area contributed by atoms with Gasteiger partial charge in [-0.05, 0) is 47.5 Å². The minimum absolute atomic E-state index is 0.344. The first-order valence-electron chi connectivity index (χ1n) is 11.9. The number of fused-ring (bicyclic) bond motifs is 6. The summed E-state index contributed by atoms with van der Waals surface area (Å²) < 4.78 is 8.40. The summed E-state index contributed by atoms with van der Waals surface area (Å²) in [4.78, 5) is 0. The molecule has 0 saturated heterocycles. The maximum Gasteiger partial charge on any atom is 0.492 e. The summed E-state index contributed by atoms with van der Waals surface area (Å²) in [6, 6.07) is 36.7. The number of hydrogen-bond donors (Lipinski definition) is 2. The molecule has 2 radical (unpaired) electrons. The molecule has 0 atom stereocenters. The molecule has 0 aliphatic carbocycles. The molecular formula is C30H26B5NO3-2. The van der Waals surface area contributed by atoms with E-state index in [0.29, 0.717) is 32.1 Å². The Morgan fingerprint density at radius 3 is 1.85 bits per heavy atom. The van der Waals surface area contributed by atoms with Gasteiger partial charge in [-0.15, -0.1) is 15.5 Å². The zero-order valence-corrected chi connectivity index (χ0v) is 19.9.